The normalized spacial score (nSPS) is 16.9. The van der Waals surface area contributed by atoms with E-state index < -0.39 is 0 Å². The van der Waals surface area contributed by atoms with Gasteiger partial charge in [-0.1, -0.05) is 29.8 Å². The molecular weight excluding hydrogens is 362 g/mol. The lowest BCUT2D eigenvalue weighted by atomic mass is 9.86. The number of benzene rings is 1. The number of nitrogens with two attached hydrogens (primary N) is 1. The Morgan fingerprint density at radius 3 is 2.41 bits per heavy atom. The van der Waals surface area contributed by atoms with E-state index in [2.05, 4.69) is 28.9 Å². The summed E-state index contributed by atoms with van der Waals surface area (Å²) in [5, 5.41) is 0.698. The number of Topliss-reactive ketones (excluding diaryl/α,β-unsaturated/α-hetero) is 1. The number of nitrogen functional groups attached to an aromatic ring is 1. The number of nitrogens with zero attached hydrogens (tertiary/aromatic N) is 4. The highest BCUT2D eigenvalue weighted by atomic mass is 16.1. The molecule has 0 amide bonds. The molecule has 0 radical (unpaired) electrons. The van der Waals surface area contributed by atoms with Gasteiger partial charge in [-0.25, -0.2) is 4.98 Å². The molecule has 1 aromatic carbocycles. The fourth-order valence-electron chi connectivity index (χ4n) is 4.49. The molecule has 1 fully saturated rings. The van der Waals surface area contributed by atoms with Gasteiger partial charge in [0.05, 0.1) is 11.1 Å². The zero-order valence-electron chi connectivity index (χ0n) is 16.7. The monoisotopic (exact) mass is 387 g/mol. The molecule has 148 valence electrons. The van der Waals surface area contributed by atoms with Gasteiger partial charge in [-0.05, 0) is 44.6 Å². The SMILES string of the molecule is Cc1ccc(-c2c3c(nc4nc(N5CCCCC5)nc(N)c24)CCCC3=O)cc1. The van der Waals surface area contributed by atoms with Crippen LogP contribution in [0.5, 0.6) is 0 Å². The maximum atomic E-state index is 12.9. The highest BCUT2D eigenvalue weighted by molar-refractivity contribution is 6.13. The summed E-state index contributed by atoms with van der Waals surface area (Å²) < 4.78 is 0. The predicted octanol–water partition coefficient (Wildman–Crippen LogP) is 4.09. The largest absolute Gasteiger partial charge is 0.383 e. The van der Waals surface area contributed by atoms with Crippen LogP contribution in [-0.2, 0) is 6.42 Å². The molecule has 6 nitrogen and oxygen atoms in total. The molecule has 1 saturated heterocycles. The van der Waals surface area contributed by atoms with Gasteiger partial charge in [-0.15, -0.1) is 0 Å². The number of pyridine rings is 1. The number of hydrogen-bond acceptors (Lipinski definition) is 6. The van der Waals surface area contributed by atoms with Crippen LogP contribution in [-0.4, -0.2) is 33.8 Å². The summed E-state index contributed by atoms with van der Waals surface area (Å²) >= 11 is 0. The van der Waals surface area contributed by atoms with Crippen LogP contribution in [0.25, 0.3) is 22.2 Å². The maximum Gasteiger partial charge on any atom is 0.229 e. The van der Waals surface area contributed by atoms with E-state index in [1.54, 1.807) is 0 Å². The number of anilines is 2. The molecule has 0 atom stereocenters. The summed E-state index contributed by atoms with van der Waals surface area (Å²) in [5.74, 6) is 1.19. The summed E-state index contributed by atoms with van der Waals surface area (Å²) in [5.41, 5.74) is 11.6. The second kappa shape index (κ2) is 7.10. The smallest absolute Gasteiger partial charge is 0.229 e. The number of aromatic nitrogens is 3. The van der Waals surface area contributed by atoms with Gasteiger partial charge in [0.2, 0.25) is 5.95 Å². The minimum atomic E-state index is 0.135. The Balaban J connectivity index is 1.78. The Labute approximate surface area is 170 Å². The van der Waals surface area contributed by atoms with Crippen molar-refractivity contribution in [3.8, 4) is 11.1 Å². The van der Waals surface area contributed by atoms with Crippen LogP contribution < -0.4 is 10.6 Å². The molecule has 29 heavy (non-hydrogen) atoms. The molecule has 1 aliphatic carbocycles. The van der Waals surface area contributed by atoms with Crippen LogP contribution in [0.15, 0.2) is 24.3 Å². The molecule has 1 aliphatic heterocycles. The maximum absolute atomic E-state index is 12.9. The van der Waals surface area contributed by atoms with Crippen molar-refractivity contribution in [1.82, 2.24) is 15.0 Å². The standard InChI is InChI=1S/C23H25N5O/c1-14-8-10-15(11-9-14)18-19-16(6-5-7-17(19)29)25-22-20(18)21(24)26-23(27-22)28-12-3-2-4-13-28/h8-11H,2-7,12-13H2,1H3,(H2,24,25,26,27). The van der Waals surface area contributed by atoms with Gasteiger partial charge in [0.1, 0.15) is 5.82 Å². The average molecular weight is 387 g/mol. The van der Waals surface area contributed by atoms with Crippen molar-refractivity contribution >= 4 is 28.6 Å². The number of carbonyl (C=O) groups is 1. The lowest BCUT2D eigenvalue weighted by Gasteiger charge is -2.27. The number of hydrogen-bond donors (Lipinski definition) is 1. The summed E-state index contributed by atoms with van der Waals surface area (Å²) in [6, 6.07) is 8.20. The van der Waals surface area contributed by atoms with Crippen molar-refractivity contribution in [3.63, 3.8) is 0 Å². The third kappa shape index (κ3) is 3.12. The van der Waals surface area contributed by atoms with E-state index >= 15 is 0 Å². The Morgan fingerprint density at radius 1 is 0.897 bits per heavy atom. The van der Waals surface area contributed by atoms with Gasteiger partial charge in [0.25, 0.3) is 0 Å². The summed E-state index contributed by atoms with van der Waals surface area (Å²) in [7, 11) is 0. The minimum Gasteiger partial charge on any atom is -0.383 e. The third-order valence-electron chi connectivity index (χ3n) is 6.01. The minimum absolute atomic E-state index is 0.135. The van der Waals surface area contributed by atoms with Crippen molar-refractivity contribution in [2.45, 2.75) is 45.4 Å². The van der Waals surface area contributed by atoms with Gasteiger partial charge in [0.15, 0.2) is 11.4 Å². The van der Waals surface area contributed by atoms with E-state index in [-0.39, 0.29) is 5.78 Å². The van der Waals surface area contributed by atoms with Crippen molar-refractivity contribution in [1.29, 1.82) is 0 Å². The van der Waals surface area contributed by atoms with E-state index in [0.29, 0.717) is 34.8 Å². The van der Waals surface area contributed by atoms with Gasteiger partial charge >= 0.3 is 0 Å². The van der Waals surface area contributed by atoms with Crippen LogP contribution in [0.1, 0.15) is 53.7 Å². The molecule has 3 aromatic rings. The number of ketones is 1. The third-order valence-corrected chi connectivity index (χ3v) is 6.01. The van der Waals surface area contributed by atoms with Gasteiger partial charge in [-0.3, -0.25) is 4.79 Å². The van der Waals surface area contributed by atoms with Gasteiger partial charge in [0, 0.05) is 30.6 Å². The van der Waals surface area contributed by atoms with E-state index in [0.717, 1.165) is 55.6 Å². The van der Waals surface area contributed by atoms with E-state index in [1.165, 1.54) is 12.0 Å². The molecule has 2 N–H and O–H groups in total. The van der Waals surface area contributed by atoms with Crippen molar-refractivity contribution in [3.05, 3.63) is 41.1 Å². The molecule has 5 rings (SSSR count). The summed E-state index contributed by atoms with van der Waals surface area (Å²) in [6.45, 7) is 3.94. The van der Waals surface area contributed by atoms with Crippen LogP contribution in [0.4, 0.5) is 11.8 Å². The summed E-state index contributed by atoms with van der Waals surface area (Å²) in [6.07, 6.45) is 5.69. The molecule has 0 spiro atoms. The van der Waals surface area contributed by atoms with Crippen molar-refractivity contribution in [2.24, 2.45) is 0 Å². The molecule has 2 aromatic heterocycles. The molecule has 0 saturated carbocycles. The highest BCUT2D eigenvalue weighted by Crippen LogP contribution is 2.38. The van der Waals surface area contributed by atoms with Gasteiger partial charge < -0.3 is 10.6 Å². The average Bonchev–Trinajstić information content (AvgIpc) is 2.74. The first-order chi connectivity index (χ1) is 14.1. The number of fused-ring (bicyclic) bond motifs is 2. The Kier molecular flexibility index (Phi) is 4.42. The predicted molar refractivity (Wildman–Crippen MR) is 115 cm³/mol. The molecule has 0 unspecified atom stereocenters. The second-order valence-corrected chi connectivity index (χ2v) is 8.11. The number of piperidine rings is 1. The van der Waals surface area contributed by atoms with Crippen LogP contribution in [0.3, 0.4) is 0 Å². The lowest BCUT2D eigenvalue weighted by Crippen LogP contribution is -2.31. The first kappa shape index (κ1) is 18.0. The first-order valence-electron chi connectivity index (χ1n) is 10.5. The van der Waals surface area contributed by atoms with E-state index in [1.807, 2.05) is 12.1 Å². The molecule has 6 heteroatoms. The Hall–Kier alpha value is -3.02. The fourth-order valence-corrected chi connectivity index (χ4v) is 4.49. The van der Waals surface area contributed by atoms with Crippen molar-refractivity contribution in [2.75, 3.05) is 23.7 Å². The Bertz CT molecular complexity index is 1100. The second-order valence-electron chi connectivity index (χ2n) is 8.11. The quantitative estimate of drug-likeness (QED) is 0.713. The molecular formula is C23H25N5O. The number of carbonyl (C=O) groups excluding carboxylic acids is 1. The van der Waals surface area contributed by atoms with Crippen LogP contribution in [0, 0.1) is 6.92 Å². The van der Waals surface area contributed by atoms with Crippen LogP contribution in [0.2, 0.25) is 0 Å². The zero-order chi connectivity index (χ0) is 20.0. The lowest BCUT2D eigenvalue weighted by molar-refractivity contribution is 0.0972. The molecule has 2 aliphatic rings. The first-order valence-corrected chi connectivity index (χ1v) is 10.5. The molecule has 0 bridgehead atoms. The van der Waals surface area contributed by atoms with E-state index in [4.69, 9.17) is 15.7 Å². The van der Waals surface area contributed by atoms with Gasteiger partial charge in [-0.2, -0.15) is 9.97 Å². The highest BCUT2D eigenvalue weighted by Gasteiger charge is 2.28. The summed E-state index contributed by atoms with van der Waals surface area (Å²) in [4.78, 5) is 29.3. The topological polar surface area (TPSA) is 85.0 Å². The van der Waals surface area contributed by atoms with Crippen LogP contribution >= 0.6 is 0 Å². The Morgan fingerprint density at radius 2 is 1.66 bits per heavy atom. The fraction of sp³-hybridized carbons (Fsp3) is 0.391. The number of aryl methyl sites for hydroxylation is 2. The molecule has 3 heterocycles. The van der Waals surface area contributed by atoms with E-state index in [9.17, 15) is 4.79 Å². The number of rotatable bonds is 2. The zero-order valence-corrected chi connectivity index (χ0v) is 16.7. The van der Waals surface area contributed by atoms with Crippen molar-refractivity contribution < 1.29 is 4.79 Å².